The maximum atomic E-state index is 12.2. The molecule has 0 saturated carbocycles. The van der Waals surface area contributed by atoms with Gasteiger partial charge >= 0.3 is 0 Å². The van der Waals surface area contributed by atoms with Crippen molar-refractivity contribution in [3.63, 3.8) is 0 Å². The van der Waals surface area contributed by atoms with Crippen molar-refractivity contribution in [2.45, 2.75) is 174 Å². The average Bonchev–Trinajstić information content (AvgIpc) is 3.18. The highest BCUT2D eigenvalue weighted by molar-refractivity contribution is 5.73. The predicted molar refractivity (Wildman–Crippen MR) is 175 cm³/mol. The molecule has 0 radical (unpaired) electrons. The van der Waals surface area contributed by atoms with Crippen LogP contribution in [0.5, 0.6) is 0 Å². The number of rotatable bonds is 12. The Bertz CT molecular complexity index is 1290. The molecule has 5 aliphatic heterocycles. The second-order valence-electron chi connectivity index (χ2n) is 14.7. The average molecular weight is 838 g/mol. The summed E-state index contributed by atoms with van der Waals surface area (Å²) in [4.78, 5) is 12.2. The number of aliphatic hydroxyl groups is 14. The summed E-state index contributed by atoms with van der Waals surface area (Å²) in [5.74, 6) is -0.747. The number of amides is 1. The van der Waals surface area contributed by atoms with E-state index in [1.54, 1.807) is 0 Å². The zero-order valence-corrected chi connectivity index (χ0v) is 30.9. The van der Waals surface area contributed by atoms with Gasteiger partial charge in [-0.2, -0.15) is 0 Å². The molecule has 0 spiro atoms. The molecule has 5 aliphatic rings. The van der Waals surface area contributed by atoms with Crippen LogP contribution >= 0.6 is 0 Å². The molecular formula is C32H55NO24. The van der Waals surface area contributed by atoms with Crippen LogP contribution in [0.1, 0.15) is 20.8 Å². The van der Waals surface area contributed by atoms with Crippen molar-refractivity contribution in [1.29, 1.82) is 0 Å². The van der Waals surface area contributed by atoms with Gasteiger partial charge in [-0.15, -0.1) is 0 Å². The second kappa shape index (κ2) is 19.5. The Labute approximate surface area is 324 Å². The van der Waals surface area contributed by atoms with Crippen LogP contribution in [0.2, 0.25) is 0 Å². The van der Waals surface area contributed by atoms with Gasteiger partial charge in [0.1, 0.15) is 110 Å². The lowest BCUT2D eigenvalue weighted by Gasteiger charge is -2.51. The number of carbonyl (C=O) groups excluding carboxylic acids is 1. The van der Waals surface area contributed by atoms with Gasteiger partial charge in [-0.3, -0.25) is 4.79 Å². The maximum absolute atomic E-state index is 12.2. The molecule has 5 rings (SSSR count). The highest BCUT2D eigenvalue weighted by atomic mass is 16.8. The third-order valence-corrected chi connectivity index (χ3v) is 10.6. The van der Waals surface area contributed by atoms with E-state index in [0.717, 1.165) is 6.92 Å². The fraction of sp³-hybridized carbons (Fsp3) is 0.969. The van der Waals surface area contributed by atoms with Crippen LogP contribution in [0.25, 0.3) is 0 Å². The molecule has 0 aromatic rings. The number of hydrogen-bond donors (Lipinski definition) is 15. The highest BCUT2D eigenvalue weighted by Crippen LogP contribution is 2.37. The molecule has 5 heterocycles. The van der Waals surface area contributed by atoms with E-state index in [1.807, 2.05) is 0 Å². The standard InChI is InChI=1S/C32H55NO24/c1-7-14(38)19(43)21(45)30(49-7)56-26-23(47)28(48)51-12(6-36)24(26)54-32-27(57-31-22(46)20(44)15(39)8(2)50-31)25(17(41)11(5-35)53-32)55-29-13(33-9(3)37)18(42)16(40)10(4-34)52-29/h7-8,10-32,34-36,38-48H,4-6H2,1-3H3,(H,33,37)/t7-,8-,10+,11+,12+,13+,14+,15+,16-,17-,18+,19+,20+,21-,22-,23+,24+,25-,26+,27+,28+,29-,30-,31-,32-/m0/s1. The van der Waals surface area contributed by atoms with Gasteiger partial charge in [0.15, 0.2) is 31.5 Å². The zero-order valence-electron chi connectivity index (χ0n) is 30.9. The van der Waals surface area contributed by atoms with Gasteiger partial charge in [-0.05, 0) is 13.8 Å². The Balaban J connectivity index is 1.54. The maximum Gasteiger partial charge on any atom is 0.217 e. The molecule has 0 aliphatic carbocycles. The summed E-state index contributed by atoms with van der Waals surface area (Å²) in [7, 11) is 0. The largest absolute Gasteiger partial charge is 0.394 e. The minimum atomic E-state index is -2.07. The fourth-order valence-electron chi connectivity index (χ4n) is 7.28. The lowest BCUT2D eigenvalue weighted by molar-refractivity contribution is -0.408. The summed E-state index contributed by atoms with van der Waals surface area (Å²) in [5, 5.41) is 151. The topological polar surface area (TPSA) is 395 Å². The molecule has 332 valence electrons. The molecular weight excluding hydrogens is 782 g/mol. The molecule has 0 aromatic heterocycles. The van der Waals surface area contributed by atoms with Crippen LogP contribution in [0, 0.1) is 0 Å². The van der Waals surface area contributed by atoms with Crippen molar-refractivity contribution in [2.24, 2.45) is 0 Å². The summed E-state index contributed by atoms with van der Waals surface area (Å²) in [6.07, 6.45) is -42.9. The van der Waals surface area contributed by atoms with Gasteiger partial charge in [0.05, 0.1) is 32.0 Å². The third-order valence-electron chi connectivity index (χ3n) is 10.6. The van der Waals surface area contributed by atoms with Crippen molar-refractivity contribution in [3.05, 3.63) is 0 Å². The van der Waals surface area contributed by atoms with Gasteiger partial charge < -0.3 is 119 Å². The van der Waals surface area contributed by atoms with Gasteiger partial charge in [0.2, 0.25) is 5.91 Å². The van der Waals surface area contributed by atoms with Crippen LogP contribution in [0.3, 0.4) is 0 Å². The van der Waals surface area contributed by atoms with Crippen LogP contribution in [0.15, 0.2) is 0 Å². The van der Waals surface area contributed by atoms with Crippen molar-refractivity contribution in [2.75, 3.05) is 19.8 Å². The summed E-state index contributed by atoms with van der Waals surface area (Å²) < 4.78 is 52.1. The van der Waals surface area contributed by atoms with Crippen molar-refractivity contribution in [1.82, 2.24) is 5.32 Å². The van der Waals surface area contributed by atoms with Crippen molar-refractivity contribution < 1.29 is 119 Å². The fourth-order valence-corrected chi connectivity index (χ4v) is 7.28. The van der Waals surface area contributed by atoms with E-state index >= 15 is 0 Å². The molecule has 25 atom stereocenters. The zero-order chi connectivity index (χ0) is 42.2. The van der Waals surface area contributed by atoms with Crippen molar-refractivity contribution in [3.8, 4) is 0 Å². The number of ether oxygens (including phenoxy) is 9. The summed E-state index contributed by atoms with van der Waals surface area (Å²) >= 11 is 0. The van der Waals surface area contributed by atoms with Gasteiger partial charge in [0, 0.05) is 6.92 Å². The van der Waals surface area contributed by atoms with Crippen LogP contribution in [-0.4, -0.2) is 251 Å². The van der Waals surface area contributed by atoms with E-state index in [2.05, 4.69) is 5.32 Å². The summed E-state index contributed by atoms with van der Waals surface area (Å²) in [6, 6.07) is -1.60. The van der Waals surface area contributed by atoms with Crippen LogP contribution in [0.4, 0.5) is 0 Å². The number of carbonyl (C=O) groups is 1. The molecule has 0 unspecified atom stereocenters. The number of hydrogen-bond acceptors (Lipinski definition) is 24. The van der Waals surface area contributed by atoms with E-state index in [9.17, 15) is 76.3 Å². The smallest absolute Gasteiger partial charge is 0.217 e. The molecule has 0 aromatic carbocycles. The Hall–Kier alpha value is -1.45. The molecule has 25 nitrogen and oxygen atoms in total. The quantitative estimate of drug-likeness (QED) is 0.0867. The Morgan fingerprint density at radius 1 is 0.456 bits per heavy atom. The SMILES string of the molecule is CC(=O)N[C@H]1[C@H](O[C@H]2[C@@H](O)[C@@H](CO)O[C@@H](O[C@H]3[C@H](O[C@@H]4O[C@@H](C)[C@@H](O)[C@@H](O)[C@@H]4O)[C@@H](O)[C@H](O)O[C@@H]3CO)[C@@H]2O[C@@H]2O[C@@H](C)[C@@H](O)[C@@H](O)[C@@H]2O)O[C@H](CO)[C@H](O)[C@@H]1O. The summed E-state index contributed by atoms with van der Waals surface area (Å²) in [5.41, 5.74) is 0. The Kier molecular flexibility index (Phi) is 16.0. The lowest BCUT2D eigenvalue weighted by atomic mass is 9.94. The van der Waals surface area contributed by atoms with E-state index in [0.29, 0.717) is 0 Å². The monoisotopic (exact) mass is 837 g/mol. The molecule has 0 bridgehead atoms. The van der Waals surface area contributed by atoms with Gasteiger partial charge in [0.25, 0.3) is 0 Å². The minimum absolute atomic E-state index is 0.747. The molecule has 25 heteroatoms. The molecule has 57 heavy (non-hydrogen) atoms. The van der Waals surface area contributed by atoms with Gasteiger partial charge in [-0.1, -0.05) is 0 Å². The Morgan fingerprint density at radius 3 is 1.40 bits per heavy atom. The summed E-state index contributed by atoms with van der Waals surface area (Å²) in [6.45, 7) is 0.896. The first-order valence-corrected chi connectivity index (χ1v) is 18.3. The Morgan fingerprint density at radius 2 is 0.895 bits per heavy atom. The van der Waals surface area contributed by atoms with E-state index in [1.165, 1.54) is 13.8 Å². The van der Waals surface area contributed by atoms with E-state index in [4.69, 9.17) is 42.6 Å². The van der Waals surface area contributed by atoms with Gasteiger partial charge in [-0.25, -0.2) is 0 Å². The second-order valence-corrected chi connectivity index (χ2v) is 14.7. The molecule has 5 saturated heterocycles. The first-order chi connectivity index (χ1) is 26.8. The van der Waals surface area contributed by atoms with Crippen LogP contribution in [-0.2, 0) is 47.4 Å². The van der Waals surface area contributed by atoms with Crippen molar-refractivity contribution >= 4 is 5.91 Å². The molecule has 1 amide bonds. The normalized spacial score (nSPS) is 52.3. The first kappa shape index (κ1) is 46.6. The molecule has 15 N–H and O–H groups in total. The highest BCUT2D eigenvalue weighted by Gasteiger charge is 2.57. The predicted octanol–water partition coefficient (Wildman–Crippen LogP) is -9.73. The third kappa shape index (κ3) is 9.71. The van der Waals surface area contributed by atoms with E-state index in [-0.39, 0.29) is 0 Å². The van der Waals surface area contributed by atoms with Crippen LogP contribution < -0.4 is 5.32 Å². The molecule has 5 fully saturated rings. The van der Waals surface area contributed by atoms with E-state index < -0.39 is 179 Å². The minimum Gasteiger partial charge on any atom is -0.394 e. The number of aliphatic hydroxyl groups excluding tert-OH is 14. The lowest BCUT2D eigenvalue weighted by Crippen LogP contribution is -2.70. The first-order valence-electron chi connectivity index (χ1n) is 18.3. The number of nitrogens with one attached hydrogen (secondary N) is 1.